The van der Waals surface area contributed by atoms with Crippen molar-refractivity contribution in [1.29, 1.82) is 0 Å². The summed E-state index contributed by atoms with van der Waals surface area (Å²) in [6.45, 7) is 0.581. The van der Waals surface area contributed by atoms with Crippen molar-refractivity contribution in [3.63, 3.8) is 0 Å². The minimum Gasteiger partial charge on any atom is -0.479 e. The van der Waals surface area contributed by atoms with Gasteiger partial charge in [0, 0.05) is 7.05 Å². The molecule has 2 heterocycles. The first-order chi connectivity index (χ1) is 8.22. The van der Waals surface area contributed by atoms with Crippen LogP contribution in [0.25, 0.3) is 0 Å². The second-order valence-electron chi connectivity index (χ2n) is 3.56. The summed E-state index contributed by atoms with van der Waals surface area (Å²) >= 11 is 0. The smallest absolute Gasteiger partial charge is 0.242 e. The summed E-state index contributed by atoms with van der Waals surface area (Å²) in [6.07, 6.45) is 3.05. The van der Waals surface area contributed by atoms with Gasteiger partial charge in [0.1, 0.15) is 17.8 Å². The van der Waals surface area contributed by atoms with Crippen molar-refractivity contribution in [3.05, 3.63) is 30.5 Å². The molecule has 0 bridgehead atoms. The number of nitrogens with two attached hydrogens (primary N) is 1. The number of ether oxygens (including phenoxy) is 1. The molecule has 0 aliphatic carbocycles. The first kappa shape index (κ1) is 11.3. The second-order valence-corrected chi connectivity index (χ2v) is 3.56. The largest absolute Gasteiger partial charge is 0.479 e. The number of nitrogens with zero attached hydrogens (tertiary/aromatic N) is 3. The van der Waals surface area contributed by atoms with E-state index in [1.807, 2.05) is 24.1 Å². The van der Waals surface area contributed by atoms with Crippen molar-refractivity contribution in [2.75, 3.05) is 24.8 Å². The highest BCUT2D eigenvalue weighted by molar-refractivity contribution is 5.67. The van der Waals surface area contributed by atoms with Gasteiger partial charge in [0.05, 0.1) is 19.9 Å². The van der Waals surface area contributed by atoms with Crippen molar-refractivity contribution in [3.8, 4) is 5.88 Å². The van der Waals surface area contributed by atoms with Crippen LogP contribution in [0.5, 0.6) is 5.88 Å². The van der Waals surface area contributed by atoms with Crippen molar-refractivity contribution < 1.29 is 9.15 Å². The molecule has 2 aromatic heterocycles. The van der Waals surface area contributed by atoms with E-state index in [4.69, 9.17) is 14.9 Å². The molecule has 0 atom stereocenters. The Bertz CT molecular complexity index is 484. The van der Waals surface area contributed by atoms with E-state index >= 15 is 0 Å². The number of aromatic nitrogens is 2. The fourth-order valence-corrected chi connectivity index (χ4v) is 1.55. The minimum absolute atomic E-state index is 0.376. The highest BCUT2D eigenvalue weighted by Crippen LogP contribution is 2.27. The number of anilines is 2. The zero-order chi connectivity index (χ0) is 12.3. The molecule has 17 heavy (non-hydrogen) atoms. The van der Waals surface area contributed by atoms with Gasteiger partial charge in [-0.1, -0.05) is 0 Å². The van der Waals surface area contributed by atoms with Crippen LogP contribution in [0.1, 0.15) is 5.76 Å². The molecule has 2 N–H and O–H groups in total. The summed E-state index contributed by atoms with van der Waals surface area (Å²) in [5.74, 6) is 1.83. The SMILES string of the molecule is COc1ncnc(N(C)Cc2ccco2)c1N. The Balaban J connectivity index is 2.22. The van der Waals surface area contributed by atoms with Crippen molar-refractivity contribution in [2.24, 2.45) is 0 Å². The van der Waals surface area contributed by atoms with E-state index < -0.39 is 0 Å². The molecule has 0 aromatic carbocycles. The van der Waals surface area contributed by atoms with Crippen LogP contribution >= 0.6 is 0 Å². The number of methoxy groups -OCH3 is 1. The van der Waals surface area contributed by atoms with Crippen LogP contribution in [-0.2, 0) is 6.54 Å². The number of hydrogen-bond acceptors (Lipinski definition) is 6. The molecule has 90 valence electrons. The highest BCUT2D eigenvalue weighted by Gasteiger charge is 2.13. The molecule has 2 aromatic rings. The zero-order valence-electron chi connectivity index (χ0n) is 9.75. The second kappa shape index (κ2) is 4.73. The third-order valence-corrected chi connectivity index (χ3v) is 2.35. The quantitative estimate of drug-likeness (QED) is 0.859. The van der Waals surface area contributed by atoms with Crippen LogP contribution in [0.3, 0.4) is 0 Å². The molecule has 0 saturated carbocycles. The van der Waals surface area contributed by atoms with E-state index in [0.29, 0.717) is 23.9 Å². The lowest BCUT2D eigenvalue weighted by atomic mass is 10.3. The summed E-state index contributed by atoms with van der Waals surface area (Å²) in [5, 5.41) is 0. The number of nitrogen functional groups attached to an aromatic ring is 1. The Morgan fingerprint density at radius 2 is 2.29 bits per heavy atom. The molecule has 0 fully saturated rings. The molecule has 0 spiro atoms. The molecule has 0 amide bonds. The first-order valence-electron chi connectivity index (χ1n) is 5.10. The number of furan rings is 1. The maximum absolute atomic E-state index is 5.90. The molecule has 0 unspecified atom stereocenters. The van der Waals surface area contributed by atoms with E-state index in [1.165, 1.54) is 13.4 Å². The van der Waals surface area contributed by atoms with Crippen molar-refractivity contribution in [2.45, 2.75) is 6.54 Å². The molecular formula is C11H14N4O2. The Morgan fingerprint density at radius 1 is 1.47 bits per heavy atom. The van der Waals surface area contributed by atoms with Gasteiger partial charge < -0.3 is 19.8 Å². The van der Waals surface area contributed by atoms with Crippen LogP contribution in [0.4, 0.5) is 11.5 Å². The molecule has 6 nitrogen and oxygen atoms in total. The van der Waals surface area contributed by atoms with Gasteiger partial charge in [-0.2, -0.15) is 4.98 Å². The lowest BCUT2D eigenvalue weighted by molar-refractivity contribution is 0.399. The average molecular weight is 234 g/mol. The highest BCUT2D eigenvalue weighted by atomic mass is 16.5. The van der Waals surface area contributed by atoms with Crippen molar-refractivity contribution >= 4 is 11.5 Å². The maximum atomic E-state index is 5.90. The van der Waals surface area contributed by atoms with E-state index in [1.54, 1.807) is 6.26 Å². The lowest BCUT2D eigenvalue weighted by Crippen LogP contribution is -2.19. The summed E-state index contributed by atoms with van der Waals surface area (Å²) in [5.41, 5.74) is 6.32. The maximum Gasteiger partial charge on any atom is 0.242 e. The molecule has 6 heteroatoms. The van der Waals surface area contributed by atoms with Crippen molar-refractivity contribution in [1.82, 2.24) is 9.97 Å². The van der Waals surface area contributed by atoms with Gasteiger partial charge >= 0.3 is 0 Å². The Morgan fingerprint density at radius 3 is 2.94 bits per heavy atom. The van der Waals surface area contributed by atoms with Gasteiger partial charge in [0.25, 0.3) is 0 Å². The van der Waals surface area contributed by atoms with Crippen LogP contribution in [0.15, 0.2) is 29.1 Å². The van der Waals surface area contributed by atoms with Gasteiger partial charge in [-0.15, -0.1) is 0 Å². The van der Waals surface area contributed by atoms with Gasteiger partial charge in [0.2, 0.25) is 5.88 Å². The molecule has 0 aliphatic heterocycles. The number of rotatable bonds is 4. The third kappa shape index (κ3) is 2.30. The normalized spacial score (nSPS) is 10.2. The zero-order valence-corrected chi connectivity index (χ0v) is 9.75. The fourth-order valence-electron chi connectivity index (χ4n) is 1.55. The first-order valence-corrected chi connectivity index (χ1v) is 5.10. The predicted molar refractivity (Wildman–Crippen MR) is 63.8 cm³/mol. The van der Waals surface area contributed by atoms with Gasteiger partial charge in [-0.25, -0.2) is 4.98 Å². The van der Waals surface area contributed by atoms with Crippen LogP contribution in [0, 0.1) is 0 Å². The van der Waals surface area contributed by atoms with Crippen LogP contribution < -0.4 is 15.4 Å². The standard InChI is InChI=1S/C11H14N4O2/c1-15(6-8-4-3-5-17-8)10-9(12)11(16-2)14-7-13-10/h3-5,7H,6,12H2,1-2H3. The Hall–Kier alpha value is -2.24. The predicted octanol–water partition coefficient (Wildman–Crippen LogP) is 1.30. The van der Waals surface area contributed by atoms with E-state index in [-0.39, 0.29) is 0 Å². The van der Waals surface area contributed by atoms with E-state index in [9.17, 15) is 0 Å². The topological polar surface area (TPSA) is 77.4 Å². The minimum atomic E-state index is 0.376. The number of hydrogen-bond donors (Lipinski definition) is 1. The lowest BCUT2D eigenvalue weighted by Gasteiger charge is -2.18. The molecular weight excluding hydrogens is 220 g/mol. The summed E-state index contributed by atoms with van der Waals surface area (Å²) in [6, 6.07) is 3.73. The van der Waals surface area contributed by atoms with Gasteiger partial charge in [0.15, 0.2) is 5.82 Å². The fraction of sp³-hybridized carbons (Fsp3) is 0.273. The van der Waals surface area contributed by atoms with E-state index in [2.05, 4.69) is 9.97 Å². The van der Waals surface area contributed by atoms with Gasteiger partial charge in [-0.3, -0.25) is 0 Å². The summed E-state index contributed by atoms with van der Waals surface area (Å²) in [7, 11) is 3.40. The average Bonchev–Trinajstić information content (AvgIpc) is 2.82. The Kier molecular flexibility index (Phi) is 3.13. The molecule has 0 aliphatic rings. The molecule has 0 saturated heterocycles. The third-order valence-electron chi connectivity index (χ3n) is 2.35. The van der Waals surface area contributed by atoms with Crippen LogP contribution in [0.2, 0.25) is 0 Å². The van der Waals surface area contributed by atoms with Gasteiger partial charge in [-0.05, 0) is 12.1 Å². The van der Waals surface area contributed by atoms with Crippen LogP contribution in [-0.4, -0.2) is 24.1 Å². The summed E-state index contributed by atoms with van der Waals surface area (Å²) in [4.78, 5) is 9.94. The summed E-state index contributed by atoms with van der Waals surface area (Å²) < 4.78 is 10.3. The molecule has 0 radical (unpaired) electrons. The Labute approximate surface area is 99.0 Å². The monoisotopic (exact) mass is 234 g/mol. The van der Waals surface area contributed by atoms with E-state index in [0.717, 1.165) is 5.76 Å². The molecule has 2 rings (SSSR count).